The largest absolute Gasteiger partial charge is 0.357 e. The van der Waals surface area contributed by atoms with Crippen molar-refractivity contribution in [1.29, 1.82) is 0 Å². The Hall–Kier alpha value is -1.71. The van der Waals surface area contributed by atoms with E-state index in [4.69, 9.17) is 0 Å². The predicted octanol–water partition coefficient (Wildman–Crippen LogP) is 2.88. The van der Waals surface area contributed by atoms with Crippen LogP contribution >= 0.6 is 24.0 Å². The lowest BCUT2D eigenvalue weighted by Crippen LogP contribution is -2.37. The normalized spacial score (nSPS) is 11.1. The smallest absolute Gasteiger partial charge is 0.191 e. The summed E-state index contributed by atoms with van der Waals surface area (Å²) in [5.41, 5.74) is 1.52. The van der Waals surface area contributed by atoms with Gasteiger partial charge in [-0.1, -0.05) is 12.1 Å². The van der Waals surface area contributed by atoms with Crippen molar-refractivity contribution in [2.24, 2.45) is 4.99 Å². The number of aryl methyl sites for hydroxylation is 2. The minimum Gasteiger partial charge on any atom is -0.357 e. The molecule has 0 saturated carbocycles. The van der Waals surface area contributed by atoms with Gasteiger partial charge in [0.1, 0.15) is 18.5 Å². The first-order valence-corrected chi connectivity index (χ1v) is 8.28. The molecular weight excluding hydrogens is 434 g/mol. The molecule has 0 spiro atoms. The van der Waals surface area contributed by atoms with E-state index in [9.17, 15) is 4.39 Å². The van der Waals surface area contributed by atoms with E-state index in [2.05, 4.69) is 25.8 Å². The van der Waals surface area contributed by atoms with Gasteiger partial charge in [0.25, 0.3) is 0 Å². The number of nitrogens with one attached hydrogen (secondary N) is 2. The summed E-state index contributed by atoms with van der Waals surface area (Å²) in [6, 6.07) is 5.23. The highest BCUT2D eigenvalue weighted by Gasteiger charge is 2.01. The Morgan fingerprint density at radius 2 is 1.96 bits per heavy atom. The molecule has 0 fully saturated rings. The van der Waals surface area contributed by atoms with Gasteiger partial charge in [0.05, 0.1) is 6.54 Å². The maximum atomic E-state index is 13.6. The molecular formula is C17H26FIN6. The average Bonchev–Trinajstić information content (AvgIpc) is 3.08. The molecule has 0 bridgehead atoms. The first-order chi connectivity index (χ1) is 11.7. The Balaban J connectivity index is 0.00000312. The minimum atomic E-state index is -0.186. The van der Waals surface area contributed by atoms with Crippen molar-refractivity contribution in [2.45, 2.75) is 39.8 Å². The second-order valence-electron chi connectivity index (χ2n) is 5.61. The second-order valence-corrected chi connectivity index (χ2v) is 5.61. The van der Waals surface area contributed by atoms with Gasteiger partial charge in [0.2, 0.25) is 0 Å². The zero-order valence-electron chi connectivity index (χ0n) is 14.7. The Morgan fingerprint density at radius 3 is 2.64 bits per heavy atom. The number of nitrogens with zero attached hydrogens (tertiary/aromatic N) is 4. The number of unbranched alkanes of at least 4 members (excludes halogenated alkanes) is 1. The lowest BCUT2D eigenvalue weighted by atomic mass is 10.1. The summed E-state index contributed by atoms with van der Waals surface area (Å²) in [6.45, 7) is 6.76. The average molecular weight is 460 g/mol. The number of hydrogen-bond acceptors (Lipinski definition) is 3. The van der Waals surface area contributed by atoms with Gasteiger partial charge in [-0.15, -0.1) is 34.2 Å². The Bertz CT molecular complexity index is 645. The van der Waals surface area contributed by atoms with Crippen molar-refractivity contribution in [2.75, 3.05) is 13.1 Å². The SMILES string of the molecule is CCNC(=NCc1ccc(C)c(F)c1)NCCCCn1cnnc1.I. The van der Waals surface area contributed by atoms with Crippen molar-refractivity contribution in [3.8, 4) is 0 Å². The van der Waals surface area contributed by atoms with Gasteiger partial charge >= 0.3 is 0 Å². The van der Waals surface area contributed by atoms with Crippen molar-refractivity contribution in [3.63, 3.8) is 0 Å². The first-order valence-electron chi connectivity index (χ1n) is 8.28. The summed E-state index contributed by atoms with van der Waals surface area (Å²) in [5.74, 6) is 0.567. The van der Waals surface area contributed by atoms with Crippen LogP contribution in [0.15, 0.2) is 35.8 Å². The summed E-state index contributed by atoms with van der Waals surface area (Å²) >= 11 is 0. The zero-order chi connectivity index (χ0) is 17.2. The fourth-order valence-electron chi connectivity index (χ4n) is 2.21. The first kappa shape index (κ1) is 21.3. The van der Waals surface area contributed by atoms with Crippen molar-refractivity contribution >= 4 is 29.9 Å². The maximum absolute atomic E-state index is 13.6. The third-order valence-corrected chi connectivity index (χ3v) is 3.60. The Kier molecular flexibility index (Phi) is 10.0. The third-order valence-electron chi connectivity index (χ3n) is 3.60. The van der Waals surface area contributed by atoms with Crippen LogP contribution in [0.25, 0.3) is 0 Å². The molecule has 25 heavy (non-hydrogen) atoms. The monoisotopic (exact) mass is 460 g/mol. The summed E-state index contributed by atoms with van der Waals surface area (Å²) in [5, 5.41) is 14.1. The summed E-state index contributed by atoms with van der Waals surface area (Å²) in [7, 11) is 0. The summed E-state index contributed by atoms with van der Waals surface area (Å²) < 4.78 is 15.5. The van der Waals surface area contributed by atoms with Crippen molar-refractivity contribution in [3.05, 3.63) is 47.8 Å². The molecule has 6 nitrogen and oxygen atoms in total. The van der Waals surface area contributed by atoms with Crippen LogP contribution in [-0.2, 0) is 13.1 Å². The van der Waals surface area contributed by atoms with Crippen LogP contribution < -0.4 is 10.6 Å². The highest BCUT2D eigenvalue weighted by molar-refractivity contribution is 14.0. The van der Waals surface area contributed by atoms with E-state index >= 15 is 0 Å². The van der Waals surface area contributed by atoms with Gasteiger partial charge in [-0.3, -0.25) is 0 Å². The summed E-state index contributed by atoms with van der Waals surface area (Å²) in [4.78, 5) is 4.50. The van der Waals surface area contributed by atoms with E-state index in [-0.39, 0.29) is 29.8 Å². The maximum Gasteiger partial charge on any atom is 0.191 e. The van der Waals surface area contributed by atoms with Gasteiger partial charge < -0.3 is 15.2 Å². The second kappa shape index (κ2) is 11.8. The van der Waals surface area contributed by atoms with Crippen LogP contribution in [0.3, 0.4) is 0 Å². The van der Waals surface area contributed by atoms with E-state index in [1.165, 1.54) is 0 Å². The molecule has 0 aliphatic heterocycles. The van der Waals surface area contributed by atoms with Crippen LogP contribution in [0.4, 0.5) is 4.39 Å². The predicted molar refractivity (Wildman–Crippen MR) is 109 cm³/mol. The molecule has 8 heteroatoms. The number of aliphatic imine (C=N–C) groups is 1. The number of rotatable bonds is 8. The molecule has 0 amide bonds. The van der Waals surface area contributed by atoms with Crippen LogP contribution in [0.2, 0.25) is 0 Å². The van der Waals surface area contributed by atoms with Crippen LogP contribution in [0, 0.1) is 12.7 Å². The van der Waals surface area contributed by atoms with Gasteiger partial charge in [0, 0.05) is 19.6 Å². The molecule has 0 saturated heterocycles. The minimum absolute atomic E-state index is 0. The quantitative estimate of drug-likeness (QED) is 0.275. The topological polar surface area (TPSA) is 67.1 Å². The van der Waals surface area contributed by atoms with E-state index < -0.39 is 0 Å². The van der Waals surface area contributed by atoms with E-state index in [0.29, 0.717) is 12.1 Å². The molecule has 138 valence electrons. The third kappa shape index (κ3) is 7.80. The summed E-state index contributed by atoms with van der Waals surface area (Å²) in [6.07, 6.45) is 5.49. The number of aromatic nitrogens is 3. The highest BCUT2D eigenvalue weighted by Crippen LogP contribution is 2.09. The van der Waals surface area contributed by atoms with Gasteiger partial charge in [-0.2, -0.15) is 0 Å². The number of halogens is 2. The molecule has 0 radical (unpaired) electrons. The fraction of sp³-hybridized carbons (Fsp3) is 0.471. The van der Waals surface area contributed by atoms with Crippen LogP contribution in [0.1, 0.15) is 30.9 Å². The van der Waals surface area contributed by atoms with Gasteiger partial charge in [-0.25, -0.2) is 9.38 Å². The molecule has 1 aromatic carbocycles. The molecule has 0 aliphatic rings. The van der Waals surface area contributed by atoms with Crippen LogP contribution in [-0.4, -0.2) is 33.8 Å². The number of guanidine groups is 1. The molecule has 1 heterocycles. The number of hydrogen-bond donors (Lipinski definition) is 2. The fourth-order valence-corrected chi connectivity index (χ4v) is 2.21. The van der Waals surface area contributed by atoms with Crippen LogP contribution in [0.5, 0.6) is 0 Å². The van der Waals surface area contributed by atoms with E-state index in [0.717, 1.165) is 44.0 Å². The Morgan fingerprint density at radius 1 is 1.20 bits per heavy atom. The van der Waals surface area contributed by atoms with E-state index in [1.807, 2.05) is 17.6 Å². The van der Waals surface area contributed by atoms with Crippen molar-refractivity contribution in [1.82, 2.24) is 25.4 Å². The van der Waals surface area contributed by atoms with E-state index in [1.54, 1.807) is 31.7 Å². The lowest BCUT2D eigenvalue weighted by molar-refractivity contribution is 0.597. The standard InChI is InChI=1S/C17H25FN6.HI/c1-3-19-17(20-8-4-5-9-24-12-22-23-13-24)21-11-15-7-6-14(2)16(18)10-15;/h6-7,10,12-13H,3-5,8-9,11H2,1-2H3,(H2,19,20,21);1H. The van der Waals surface area contributed by atoms with Crippen molar-refractivity contribution < 1.29 is 4.39 Å². The molecule has 1 aromatic heterocycles. The molecule has 2 rings (SSSR count). The zero-order valence-corrected chi connectivity index (χ0v) is 17.0. The molecule has 0 aliphatic carbocycles. The molecule has 2 N–H and O–H groups in total. The molecule has 0 unspecified atom stereocenters. The Labute approximate surface area is 165 Å². The number of benzene rings is 1. The van der Waals surface area contributed by atoms with Gasteiger partial charge in [-0.05, 0) is 43.9 Å². The molecule has 0 atom stereocenters. The molecule has 2 aromatic rings. The lowest BCUT2D eigenvalue weighted by Gasteiger charge is -2.11. The highest BCUT2D eigenvalue weighted by atomic mass is 127. The van der Waals surface area contributed by atoms with Gasteiger partial charge in [0.15, 0.2) is 5.96 Å².